The summed E-state index contributed by atoms with van der Waals surface area (Å²) in [4.78, 5) is 11.8. The molecule has 4 nitrogen and oxygen atoms in total. The standard InChI is InChI=1S/C12H16FNO3S/c1-9(12(15)14(2)18(3,16)17)8-10-6-4-5-7-11(10)13/h4-7,9H,8H2,1-3H3. The summed E-state index contributed by atoms with van der Waals surface area (Å²) >= 11 is 0. The van der Waals surface area contributed by atoms with Gasteiger partial charge in [-0.15, -0.1) is 0 Å². The van der Waals surface area contributed by atoms with Crippen molar-refractivity contribution in [1.82, 2.24) is 4.31 Å². The molecular weight excluding hydrogens is 257 g/mol. The number of hydrogen-bond donors (Lipinski definition) is 0. The summed E-state index contributed by atoms with van der Waals surface area (Å²) in [6, 6.07) is 6.14. The quantitative estimate of drug-likeness (QED) is 0.833. The van der Waals surface area contributed by atoms with Gasteiger partial charge in [-0.25, -0.2) is 17.1 Å². The molecular formula is C12H16FNO3S. The number of carbonyl (C=O) groups excluding carboxylic acids is 1. The third-order valence-corrected chi connectivity index (χ3v) is 3.89. The monoisotopic (exact) mass is 273 g/mol. The van der Waals surface area contributed by atoms with E-state index in [-0.39, 0.29) is 12.2 Å². The zero-order chi connectivity index (χ0) is 13.9. The molecule has 1 rings (SSSR count). The van der Waals surface area contributed by atoms with E-state index in [4.69, 9.17) is 0 Å². The van der Waals surface area contributed by atoms with Crippen LogP contribution in [-0.2, 0) is 21.2 Å². The molecule has 1 unspecified atom stereocenters. The molecule has 18 heavy (non-hydrogen) atoms. The molecule has 0 aliphatic rings. The molecule has 0 saturated heterocycles. The van der Waals surface area contributed by atoms with Gasteiger partial charge in [-0.3, -0.25) is 4.79 Å². The molecule has 0 spiro atoms. The first-order valence-electron chi connectivity index (χ1n) is 5.44. The number of benzene rings is 1. The van der Waals surface area contributed by atoms with Crippen LogP contribution in [0.2, 0.25) is 0 Å². The molecule has 100 valence electrons. The first kappa shape index (κ1) is 14.6. The van der Waals surface area contributed by atoms with Crippen molar-refractivity contribution >= 4 is 15.9 Å². The highest BCUT2D eigenvalue weighted by molar-refractivity contribution is 7.88. The predicted octanol–water partition coefficient (Wildman–Crippen LogP) is 1.42. The van der Waals surface area contributed by atoms with Crippen LogP contribution in [0.15, 0.2) is 24.3 Å². The van der Waals surface area contributed by atoms with Gasteiger partial charge in [0, 0.05) is 13.0 Å². The highest BCUT2D eigenvalue weighted by Crippen LogP contribution is 2.15. The van der Waals surface area contributed by atoms with Crippen LogP contribution >= 0.6 is 0 Å². The van der Waals surface area contributed by atoms with Crippen LogP contribution in [0.4, 0.5) is 4.39 Å². The molecule has 0 saturated carbocycles. The summed E-state index contributed by atoms with van der Waals surface area (Å²) in [5.74, 6) is -1.53. The Hall–Kier alpha value is -1.43. The normalized spacial score (nSPS) is 13.1. The molecule has 0 fully saturated rings. The number of amides is 1. The van der Waals surface area contributed by atoms with E-state index in [0.29, 0.717) is 9.87 Å². The second-order valence-electron chi connectivity index (χ2n) is 4.27. The van der Waals surface area contributed by atoms with Gasteiger partial charge in [0.2, 0.25) is 15.9 Å². The van der Waals surface area contributed by atoms with E-state index in [0.717, 1.165) is 6.26 Å². The van der Waals surface area contributed by atoms with E-state index in [1.54, 1.807) is 25.1 Å². The third kappa shape index (κ3) is 3.53. The van der Waals surface area contributed by atoms with Gasteiger partial charge in [0.05, 0.1) is 6.26 Å². The number of carbonyl (C=O) groups is 1. The maximum absolute atomic E-state index is 13.4. The van der Waals surface area contributed by atoms with Gasteiger partial charge < -0.3 is 0 Å². The lowest BCUT2D eigenvalue weighted by Gasteiger charge is -2.19. The van der Waals surface area contributed by atoms with Gasteiger partial charge in [0.1, 0.15) is 5.82 Å². The first-order valence-corrected chi connectivity index (χ1v) is 7.29. The van der Waals surface area contributed by atoms with Gasteiger partial charge in [0.25, 0.3) is 0 Å². The molecule has 0 bridgehead atoms. The second-order valence-corrected chi connectivity index (χ2v) is 6.28. The molecule has 0 aromatic heterocycles. The fourth-order valence-electron chi connectivity index (χ4n) is 1.55. The smallest absolute Gasteiger partial charge is 0.238 e. The van der Waals surface area contributed by atoms with Gasteiger partial charge in [-0.05, 0) is 18.1 Å². The minimum atomic E-state index is -3.56. The SMILES string of the molecule is CC(Cc1ccccc1F)C(=O)N(C)S(C)(=O)=O. The van der Waals surface area contributed by atoms with E-state index >= 15 is 0 Å². The van der Waals surface area contributed by atoms with Crippen molar-refractivity contribution < 1.29 is 17.6 Å². The molecule has 1 aromatic rings. The van der Waals surface area contributed by atoms with Crippen LogP contribution in [0.1, 0.15) is 12.5 Å². The molecule has 1 aromatic carbocycles. The summed E-state index contributed by atoms with van der Waals surface area (Å²) < 4.78 is 36.6. The number of sulfonamides is 1. The number of rotatable bonds is 4. The molecule has 1 atom stereocenters. The van der Waals surface area contributed by atoms with Crippen LogP contribution in [0.25, 0.3) is 0 Å². The van der Waals surface area contributed by atoms with Gasteiger partial charge in [-0.1, -0.05) is 25.1 Å². The van der Waals surface area contributed by atoms with Gasteiger partial charge >= 0.3 is 0 Å². The topological polar surface area (TPSA) is 54.5 Å². The van der Waals surface area contributed by atoms with Crippen molar-refractivity contribution in [3.05, 3.63) is 35.6 Å². The maximum atomic E-state index is 13.4. The summed E-state index contributed by atoms with van der Waals surface area (Å²) in [6.45, 7) is 1.58. The van der Waals surface area contributed by atoms with Crippen molar-refractivity contribution in [1.29, 1.82) is 0 Å². The molecule has 0 N–H and O–H groups in total. The Balaban J connectivity index is 2.81. The zero-order valence-corrected chi connectivity index (χ0v) is 11.4. The number of nitrogens with zero attached hydrogens (tertiary/aromatic N) is 1. The zero-order valence-electron chi connectivity index (χ0n) is 10.6. The first-order chi connectivity index (χ1) is 8.23. The minimum absolute atomic E-state index is 0.172. The molecule has 0 radical (unpaired) electrons. The highest BCUT2D eigenvalue weighted by atomic mass is 32.2. The Bertz CT molecular complexity index is 542. The molecule has 0 aliphatic heterocycles. The lowest BCUT2D eigenvalue weighted by atomic mass is 10.00. The third-order valence-electron chi connectivity index (χ3n) is 2.71. The van der Waals surface area contributed by atoms with E-state index in [2.05, 4.69) is 0 Å². The van der Waals surface area contributed by atoms with E-state index in [1.165, 1.54) is 13.1 Å². The van der Waals surface area contributed by atoms with Crippen LogP contribution in [-0.4, -0.2) is 31.9 Å². The molecule has 1 amide bonds. The molecule has 6 heteroatoms. The minimum Gasteiger partial charge on any atom is -0.274 e. The van der Waals surface area contributed by atoms with Crippen LogP contribution in [0.3, 0.4) is 0 Å². The lowest BCUT2D eigenvalue weighted by molar-refractivity contribution is -0.129. The van der Waals surface area contributed by atoms with Crippen LogP contribution in [0.5, 0.6) is 0 Å². The van der Waals surface area contributed by atoms with Crippen LogP contribution in [0, 0.1) is 11.7 Å². The van der Waals surface area contributed by atoms with E-state index in [1.807, 2.05) is 0 Å². The van der Waals surface area contributed by atoms with Crippen molar-refractivity contribution in [2.45, 2.75) is 13.3 Å². The Morgan fingerprint density at radius 1 is 1.39 bits per heavy atom. The average molecular weight is 273 g/mol. The molecule has 0 aliphatic carbocycles. The van der Waals surface area contributed by atoms with Crippen molar-refractivity contribution in [2.75, 3.05) is 13.3 Å². The predicted molar refractivity (Wildman–Crippen MR) is 66.9 cm³/mol. The highest BCUT2D eigenvalue weighted by Gasteiger charge is 2.24. The number of hydrogen-bond acceptors (Lipinski definition) is 3. The Labute approximate surface area is 106 Å². The summed E-state index contributed by atoms with van der Waals surface area (Å²) in [6.07, 6.45) is 1.13. The van der Waals surface area contributed by atoms with E-state index in [9.17, 15) is 17.6 Å². The maximum Gasteiger partial charge on any atom is 0.238 e. The Kier molecular flexibility index (Phi) is 4.45. The van der Waals surface area contributed by atoms with Gasteiger partial charge in [-0.2, -0.15) is 0 Å². The fourth-order valence-corrected chi connectivity index (χ4v) is 2.06. The van der Waals surface area contributed by atoms with Gasteiger partial charge in [0.15, 0.2) is 0 Å². The summed E-state index contributed by atoms with van der Waals surface area (Å²) in [5, 5.41) is 0. The lowest BCUT2D eigenvalue weighted by Crippen LogP contribution is -2.36. The van der Waals surface area contributed by atoms with Crippen molar-refractivity contribution in [3.63, 3.8) is 0 Å². The number of halogens is 1. The second kappa shape index (κ2) is 5.48. The van der Waals surface area contributed by atoms with Crippen molar-refractivity contribution in [2.24, 2.45) is 5.92 Å². The summed E-state index contributed by atoms with van der Waals surface area (Å²) in [5.41, 5.74) is 0.403. The van der Waals surface area contributed by atoms with Crippen LogP contribution < -0.4 is 0 Å². The fraction of sp³-hybridized carbons (Fsp3) is 0.417. The molecule has 0 heterocycles. The summed E-state index contributed by atoms with van der Waals surface area (Å²) in [7, 11) is -2.36. The Morgan fingerprint density at radius 2 is 1.94 bits per heavy atom. The van der Waals surface area contributed by atoms with E-state index < -0.39 is 21.8 Å². The Morgan fingerprint density at radius 3 is 2.44 bits per heavy atom. The average Bonchev–Trinajstić information content (AvgIpc) is 2.29. The largest absolute Gasteiger partial charge is 0.274 e. The van der Waals surface area contributed by atoms with Crippen molar-refractivity contribution in [3.8, 4) is 0 Å².